The lowest BCUT2D eigenvalue weighted by Gasteiger charge is -2.11. The van der Waals surface area contributed by atoms with Crippen molar-refractivity contribution < 1.29 is 9.53 Å². The number of ether oxygens (including phenoxy) is 1. The summed E-state index contributed by atoms with van der Waals surface area (Å²) >= 11 is 0. The van der Waals surface area contributed by atoms with E-state index in [4.69, 9.17) is 4.74 Å². The Hall–Kier alpha value is -0.830. The Morgan fingerprint density at radius 1 is 1.90 bits per heavy atom. The average Bonchev–Trinajstić information content (AvgIpc) is 1.88. The molecule has 0 heterocycles. The van der Waals surface area contributed by atoms with Gasteiger partial charge in [-0.3, -0.25) is 4.79 Å². The van der Waals surface area contributed by atoms with Gasteiger partial charge in [0, 0.05) is 6.61 Å². The van der Waals surface area contributed by atoms with Crippen molar-refractivity contribution in [1.29, 1.82) is 0 Å². The summed E-state index contributed by atoms with van der Waals surface area (Å²) in [4.78, 5) is 10.6. The van der Waals surface area contributed by atoms with Crippen LogP contribution >= 0.6 is 0 Å². The Balaban J connectivity index is 3.46. The van der Waals surface area contributed by atoms with Crippen LogP contribution in [0.5, 0.6) is 0 Å². The van der Waals surface area contributed by atoms with Crippen LogP contribution in [0.2, 0.25) is 0 Å². The average molecular weight is 143 g/mol. The van der Waals surface area contributed by atoms with Crippen molar-refractivity contribution in [2.75, 3.05) is 6.61 Å². The number of amides is 1. The van der Waals surface area contributed by atoms with Crippen LogP contribution in [0.4, 0.5) is 0 Å². The molecule has 3 nitrogen and oxygen atoms in total. The molecule has 0 aliphatic carbocycles. The number of rotatable bonds is 4. The van der Waals surface area contributed by atoms with Crippen LogP contribution in [0.25, 0.3) is 0 Å². The molecule has 0 rings (SSSR count). The molecule has 0 aromatic rings. The first-order chi connectivity index (χ1) is 4.70. The van der Waals surface area contributed by atoms with E-state index in [1.54, 1.807) is 6.92 Å². The lowest BCUT2D eigenvalue weighted by molar-refractivity contribution is -0.120. The van der Waals surface area contributed by atoms with Gasteiger partial charge in [0.25, 0.3) is 0 Å². The van der Waals surface area contributed by atoms with E-state index in [0.29, 0.717) is 6.61 Å². The van der Waals surface area contributed by atoms with E-state index in [-0.39, 0.29) is 12.1 Å². The Kier molecular flexibility index (Phi) is 4.58. The molecule has 1 unspecified atom stereocenters. The quantitative estimate of drug-likeness (QED) is 0.464. The predicted octanol–water partition coefficient (Wildman–Crippen LogP) is 0.671. The monoisotopic (exact) mass is 143 g/mol. The van der Waals surface area contributed by atoms with E-state index in [9.17, 15) is 4.79 Å². The summed E-state index contributed by atoms with van der Waals surface area (Å²) in [5.41, 5.74) is 0. The number of carbonyl (C=O) groups is 1. The second-order valence-electron chi connectivity index (χ2n) is 1.81. The van der Waals surface area contributed by atoms with Gasteiger partial charge in [-0.25, -0.2) is 0 Å². The van der Waals surface area contributed by atoms with E-state index in [1.807, 2.05) is 6.92 Å². The van der Waals surface area contributed by atoms with E-state index in [0.717, 1.165) is 0 Å². The fourth-order valence-electron chi connectivity index (χ4n) is 0.551. The van der Waals surface area contributed by atoms with Crippen molar-refractivity contribution in [3.05, 3.63) is 12.7 Å². The fourth-order valence-corrected chi connectivity index (χ4v) is 0.551. The third-order valence-corrected chi connectivity index (χ3v) is 0.948. The van der Waals surface area contributed by atoms with Crippen LogP contribution in [0.3, 0.4) is 0 Å². The maximum absolute atomic E-state index is 10.6. The highest BCUT2D eigenvalue weighted by atomic mass is 16.5. The highest BCUT2D eigenvalue weighted by Crippen LogP contribution is 1.83. The van der Waals surface area contributed by atoms with E-state index in [1.165, 1.54) is 6.08 Å². The summed E-state index contributed by atoms with van der Waals surface area (Å²) in [5, 5.41) is 2.55. The van der Waals surface area contributed by atoms with Crippen LogP contribution in [-0.2, 0) is 9.53 Å². The second-order valence-corrected chi connectivity index (χ2v) is 1.81. The standard InChI is InChI=1S/C7H13NO2/c1-4-7(9)8-6(3)10-5-2/h4,6H,1,5H2,2-3H3,(H,8,9). The van der Waals surface area contributed by atoms with Crippen molar-refractivity contribution in [3.8, 4) is 0 Å². The van der Waals surface area contributed by atoms with E-state index < -0.39 is 0 Å². The molecule has 0 saturated heterocycles. The summed E-state index contributed by atoms with van der Waals surface area (Å²) in [6, 6.07) is 0. The fraction of sp³-hybridized carbons (Fsp3) is 0.571. The zero-order valence-electron chi connectivity index (χ0n) is 6.39. The van der Waals surface area contributed by atoms with Crippen molar-refractivity contribution in [3.63, 3.8) is 0 Å². The molecule has 1 atom stereocenters. The van der Waals surface area contributed by atoms with Gasteiger partial charge in [0.2, 0.25) is 5.91 Å². The maximum Gasteiger partial charge on any atom is 0.245 e. The van der Waals surface area contributed by atoms with E-state index >= 15 is 0 Å². The topological polar surface area (TPSA) is 38.3 Å². The molecule has 3 heteroatoms. The predicted molar refractivity (Wildman–Crippen MR) is 39.4 cm³/mol. The first-order valence-electron chi connectivity index (χ1n) is 3.25. The van der Waals surface area contributed by atoms with Crippen LogP contribution in [-0.4, -0.2) is 18.7 Å². The largest absolute Gasteiger partial charge is 0.359 e. The Morgan fingerprint density at radius 2 is 2.50 bits per heavy atom. The molecule has 0 aliphatic rings. The summed E-state index contributed by atoms with van der Waals surface area (Å²) in [5.74, 6) is -0.207. The van der Waals surface area contributed by atoms with Gasteiger partial charge in [-0.2, -0.15) is 0 Å². The van der Waals surface area contributed by atoms with Crippen molar-refractivity contribution in [2.24, 2.45) is 0 Å². The molecule has 0 radical (unpaired) electrons. The van der Waals surface area contributed by atoms with Gasteiger partial charge in [0.05, 0.1) is 0 Å². The summed E-state index contributed by atoms with van der Waals surface area (Å²) in [6.45, 7) is 7.54. The van der Waals surface area contributed by atoms with E-state index in [2.05, 4.69) is 11.9 Å². The molecule has 0 saturated carbocycles. The highest BCUT2D eigenvalue weighted by molar-refractivity contribution is 5.86. The van der Waals surface area contributed by atoms with Gasteiger partial charge < -0.3 is 10.1 Å². The molecule has 58 valence electrons. The first-order valence-corrected chi connectivity index (χ1v) is 3.25. The maximum atomic E-state index is 10.6. The third-order valence-electron chi connectivity index (χ3n) is 0.948. The number of carbonyl (C=O) groups excluding carboxylic acids is 1. The van der Waals surface area contributed by atoms with Crippen LogP contribution in [0.1, 0.15) is 13.8 Å². The molecular weight excluding hydrogens is 130 g/mol. The Labute approximate surface area is 61.1 Å². The molecule has 0 aromatic carbocycles. The Bertz CT molecular complexity index is 123. The minimum atomic E-state index is -0.226. The third kappa shape index (κ3) is 4.09. The van der Waals surface area contributed by atoms with Crippen molar-refractivity contribution >= 4 is 5.91 Å². The number of hydrogen-bond donors (Lipinski definition) is 1. The summed E-state index contributed by atoms with van der Waals surface area (Å²) < 4.78 is 5.03. The second kappa shape index (κ2) is 4.99. The minimum Gasteiger partial charge on any atom is -0.359 e. The molecule has 1 N–H and O–H groups in total. The van der Waals surface area contributed by atoms with Gasteiger partial charge >= 0.3 is 0 Å². The molecule has 0 bridgehead atoms. The molecular formula is C7H13NO2. The zero-order chi connectivity index (χ0) is 7.98. The zero-order valence-corrected chi connectivity index (χ0v) is 6.39. The molecule has 10 heavy (non-hydrogen) atoms. The number of hydrogen-bond acceptors (Lipinski definition) is 2. The SMILES string of the molecule is C=CC(=O)NC(C)OCC. The van der Waals surface area contributed by atoms with Crippen molar-refractivity contribution in [2.45, 2.75) is 20.1 Å². The molecule has 1 amide bonds. The van der Waals surface area contributed by atoms with Crippen LogP contribution in [0.15, 0.2) is 12.7 Å². The lowest BCUT2D eigenvalue weighted by atomic mass is 10.5. The Morgan fingerprint density at radius 3 is 2.90 bits per heavy atom. The van der Waals surface area contributed by atoms with Gasteiger partial charge in [-0.1, -0.05) is 6.58 Å². The molecule has 0 spiro atoms. The van der Waals surface area contributed by atoms with Gasteiger partial charge in [-0.05, 0) is 19.9 Å². The minimum absolute atomic E-state index is 0.207. The summed E-state index contributed by atoms with van der Waals surface area (Å²) in [6.07, 6.45) is 0.991. The van der Waals surface area contributed by atoms with Gasteiger partial charge in [0.15, 0.2) is 0 Å². The van der Waals surface area contributed by atoms with Crippen molar-refractivity contribution in [1.82, 2.24) is 5.32 Å². The first kappa shape index (κ1) is 9.17. The molecule has 0 fully saturated rings. The molecule has 0 aromatic heterocycles. The smallest absolute Gasteiger partial charge is 0.245 e. The molecule has 0 aliphatic heterocycles. The summed E-state index contributed by atoms with van der Waals surface area (Å²) in [7, 11) is 0. The van der Waals surface area contributed by atoms with Gasteiger partial charge in [-0.15, -0.1) is 0 Å². The highest BCUT2D eigenvalue weighted by Gasteiger charge is 2.00. The van der Waals surface area contributed by atoms with Gasteiger partial charge in [0.1, 0.15) is 6.23 Å². The van der Waals surface area contributed by atoms with Crippen LogP contribution in [0, 0.1) is 0 Å². The van der Waals surface area contributed by atoms with Crippen LogP contribution < -0.4 is 5.32 Å². The normalized spacial score (nSPS) is 12.2. The number of nitrogens with one attached hydrogen (secondary N) is 1. The lowest BCUT2D eigenvalue weighted by Crippen LogP contribution is -2.33.